The number of rotatable bonds is 11. The van der Waals surface area contributed by atoms with E-state index in [2.05, 4.69) is 43.5 Å². The van der Waals surface area contributed by atoms with E-state index in [1.54, 1.807) is 6.07 Å². The minimum Gasteiger partial charge on any atom is -0.508 e. The van der Waals surface area contributed by atoms with Gasteiger partial charge in [-0.05, 0) is 46.9 Å². The highest BCUT2D eigenvalue weighted by Gasteiger charge is 2.25. The maximum absolute atomic E-state index is 13.1. The van der Waals surface area contributed by atoms with Crippen LogP contribution in [0.4, 0.5) is 0 Å². The number of benzene rings is 2. The first kappa shape index (κ1) is 26.8. The van der Waals surface area contributed by atoms with Crippen LogP contribution in [0.2, 0.25) is 0 Å². The standard InChI is InChI=1S/C27H42N4O2/c1-18(2)25(30-17-21(29)13-19-9-7-6-8-10-19)26(33)31-22(16-28)14-20-11-12-24(32)23(15-20)27(3,4)5/h6-12,15,18,21-22,25,30,32H,13-14,16-17,28-29H2,1-5H3,(H,31,33). The van der Waals surface area contributed by atoms with Crippen molar-refractivity contribution < 1.29 is 9.90 Å². The van der Waals surface area contributed by atoms with E-state index in [-0.39, 0.29) is 41.1 Å². The van der Waals surface area contributed by atoms with E-state index in [0.29, 0.717) is 19.5 Å². The van der Waals surface area contributed by atoms with Gasteiger partial charge in [0.1, 0.15) is 5.75 Å². The van der Waals surface area contributed by atoms with E-state index < -0.39 is 0 Å². The Morgan fingerprint density at radius 2 is 1.70 bits per heavy atom. The average molecular weight is 455 g/mol. The number of carbonyl (C=O) groups excluding carboxylic acids is 1. The van der Waals surface area contributed by atoms with Crippen molar-refractivity contribution in [3.63, 3.8) is 0 Å². The topological polar surface area (TPSA) is 113 Å². The summed E-state index contributed by atoms with van der Waals surface area (Å²) in [7, 11) is 0. The summed E-state index contributed by atoms with van der Waals surface area (Å²) in [6, 6.07) is 15.1. The summed E-state index contributed by atoms with van der Waals surface area (Å²) in [6.45, 7) is 11.1. The van der Waals surface area contributed by atoms with Gasteiger partial charge in [-0.1, -0.05) is 77.1 Å². The lowest BCUT2D eigenvalue weighted by Crippen LogP contribution is -2.54. The van der Waals surface area contributed by atoms with E-state index in [1.807, 2.05) is 44.2 Å². The fraction of sp³-hybridized carbons (Fsp3) is 0.519. The number of nitrogens with two attached hydrogens (primary N) is 2. The molecule has 2 aromatic carbocycles. The van der Waals surface area contributed by atoms with Crippen LogP contribution in [0.3, 0.4) is 0 Å². The second-order valence-electron chi connectivity index (χ2n) is 10.3. The van der Waals surface area contributed by atoms with Crippen molar-refractivity contribution >= 4 is 5.91 Å². The highest BCUT2D eigenvalue weighted by molar-refractivity contribution is 5.82. The summed E-state index contributed by atoms with van der Waals surface area (Å²) in [5.41, 5.74) is 15.2. The fourth-order valence-corrected chi connectivity index (χ4v) is 3.98. The molecule has 0 aliphatic carbocycles. The molecular weight excluding hydrogens is 412 g/mol. The van der Waals surface area contributed by atoms with Crippen molar-refractivity contribution in [3.05, 3.63) is 65.2 Å². The predicted molar refractivity (Wildman–Crippen MR) is 136 cm³/mol. The largest absolute Gasteiger partial charge is 0.508 e. The van der Waals surface area contributed by atoms with Gasteiger partial charge in [-0.3, -0.25) is 4.79 Å². The van der Waals surface area contributed by atoms with Crippen LogP contribution in [0.5, 0.6) is 5.75 Å². The van der Waals surface area contributed by atoms with Crippen molar-refractivity contribution in [1.82, 2.24) is 10.6 Å². The van der Waals surface area contributed by atoms with Crippen molar-refractivity contribution in [1.29, 1.82) is 0 Å². The van der Waals surface area contributed by atoms with Crippen LogP contribution >= 0.6 is 0 Å². The molecule has 182 valence electrons. The fourth-order valence-electron chi connectivity index (χ4n) is 3.98. The first-order chi connectivity index (χ1) is 15.5. The molecule has 3 atom stereocenters. The van der Waals surface area contributed by atoms with Crippen molar-refractivity contribution in [2.24, 2.45) is 17.4 Å². The van der Waals surface area contributed by atoms with Crippen molar-refractivity contribution in [2.75, 3.05) is 13.1 Å². The zero-order valence-corrected chi connectivity index (χ0v) is 20.8. The Kier molecular flexibility index (Phi) is 9.89. The van der Waals surface area contributed by atoms with Crippen molar-refractivity contribution in [3.8, 4) is 5.75 Å². The highest BCUT2D eigenvalue weighted by atomic mass is 16.3. The third-order valence-electron chi connectivity index (χ3n) is 5.87. The molecule has 33 heavy (non-hydrogen) atoms. The smallest absolute Gasteiger partial charge is 0.237 e. The van der Waals surface area contributed by atoms with Crippen LogP contribution in [0.15, 0.2) is 48.5 Å². The molecule has 6 heteroatoms. The minimum atomic E-state index is -0.356. The molecule has 2 rings (SSSR count). The first-order valence-corrected chi connectivity index (χ1v) is 11.9. The summed E-state index contributed by atoms with van der Waals surface area (Å²) < 4.78 is 0. The second-order valence-corrected chi connectivity index (χ2v) is 10.3. The molecule has 0 saturated heterocycles. The van der Waals surface area contributed by atoms with Crippen LogP contribution in [0.1, 0.15) is 51.3 Å². The zero-order chi connectivity index (χ0) is 24.6. The van der Waals surface area contributed by atoms with Gasteiger partial charge in [0.2, 0.25) is 5.91 Å². The molecule has 1 amide bonds. The number of nitrogens with one attached hydrogen (secondary N) is 2. The van der Waals surface area contributed by atoms with E-state index >= 15 is 0 Å². The van der Waals surface area contributed by atoms with E-state index in [4.69, 9.17) is 11.5 Å². The highest BCUT2D eigenvalue weighted by Crippen LogP contribution is 2.31. The molecule has 0 aliphatic heterocycles. The molecular formula is C27H42N4O2. The number of hydrogen-bond donors (Lipinski definition) is 5. The summed E-state index contributed by atoms with van der Waals surface area (Å²) >= 11 is 0. The van der Waals surface area contributed by atoms with Gasteiger partial charge in [-0.25, -0.2) is 0 Å². The van der Waals surface area contributed by atoms with Gasteiger partial charge in [0.05, 0.1) is 6.04 Å². The maximum Gasteiger partial charge on any atom is 0.237 e. The van der Waals surface area contributed by atoms with Crippen LogP contribution in [-0.4, -0.2) is 42.2 Å². The minimum absolute atomic E-state index is 0.0674. The summed E-state index contributed by atoms with van der Waals surface area (Å²) in [6.07, 6.45) is 1.35. The predicted octanol–water partition coefficient (Wildman–Crippen LogP) is 2.86. The Hall–Kier alpha value is -2.41. The quantitative estimate of drug-likeness (QED) is 0.358. The lowest BCUT2D eigenvalue weighted by Gasteiger charge is -2.27. The lowest BCUT2D eigenvalue weighted by atomic mass is 9.85. The monoisotopic (exact) mass is 454 g/mol. The molecule has 7 N–H and O–H groups in total. The third kappa shape index (κ3) is 8.46. The van der Waals surface area contributed by atoms with Gasteiger partial charge < -0.3 is 27.2 Å². The number of carbonyl (C=O) groups is 1. The maximum atomic E-state index is 13.1. The molecule has 0 saturated carbocycles. The van der Waals surface area contributed by atoms with E-state index in [9.17, 15) is 9.90 Å². The van der Waals surface area contributed by atoms with Gasteiger partial charge >= 0.3 is 0 Å². The second kappa shape index (κ2) is 12.2. The Balaban J connectivity index is 1.98. The van der Waals surface area contributed by atoms with Gasteiger partial charge in [-0.15, -0.1) is 0 Å². The Morgan fingerprint density at radius 1 is 1.03 bits per heavy atom. The SMILES string of the molecule is CC(C)C(NCC(N)Cc1ccccc1)C(=O)NC(CN)Cc1ccc(O)c(C(C)(C)C)c1. The molecule has 3 unspecified atom stereocenters. The van der Waals surface area contributed by atoms with Crippen LogP contribution in [0.25, 0.3) is 0 Å². The molecule has 0 bridgehead atoms. The molecule has 0 spiro atoms. The van der Waals surface area contributed by atoms with Crippen LogP contribution in [-0.2, 0) is 23.1 Å². The van der Waals surface area contributed by atoms with Gasteiger partial charge in [0.15, 0.2) is 0 Å². The number of phenols is 1. The van der Waals surface area contributed by atoms with Gasteiger partial charge in [0.25, 0.3) is 0 Å². The molecule has 0 fully saturated rings. The third-order valence-corrected chi connectivity index (χ3v) is 5.87. The van der Waals surface area contributed by atoms with Gasteiger partial charge in [0, 0.05) is 25.2 Å². The summed E-state index contributed by atoms with van der Waals surface area (Å²) in [4.78, 5) is 13.1. The Labute approximate surface area is 199 Å². The zero-order valence-electron chi connectivity index (χ0n) is 20.8. The normalized spacial score (nSPS) is 14.7. The Bertz CT molecular complexity index is 877. The van der Waals surface area contributed by atoms with Crippen LogP contribution in [0, 0.1) is 5.92 Å². The summed E-state index contributed by atoms with van der Waals surface area (Å²) in [5.74, 6) is 0.325. The summed E-state index contributed by atoms with van der Waals surface area (Å²) in [5, 5.41) is 16.7. The number of aromatic hydroxyl groups is 1. The first-order valence-electron chi connectivity index (χ1n) is 11.9. The number of hydrogen-bond acceptors (Lipinski definition) is 5. The van der Waals surface area contributed by atoms with Gasteiger partial charge in [-0.2, -0.15) is 0 Å². The lowest BCUT2D eigenvalue weighted by molar-refractivity contribution is -0.124. The van der Waals surface area contributed by atoms with Crippen molar-refractivity contribution in [2.45, 2.75) is 71.0 Å². The average Bonchev–Trinajstić information content (AvgIpc) is 2.74. The Morgan fingerprint density at radius 3 is 2.27 bits per heavy atom. The van der Waals surface area contributed by atoms with E-state index in [1.165, 1.54) is 5.56 Å². The molecule has 0 radical (unpaired) electrons. The molecule has 6 nitrogen and oxygen atoms in total. The molecule has 0 aliphatic rings. The van der Waals surface area contributed by atoms with E-state index in [0.717, 1.165) is 17.5 Å². The molecule has 0 aromatic heterocycles. The van der Waals surface area contributed by atoms with Crippen LogP contribution < -0.4 is 22.1 Å². The number of amides is 1. The molecule has 2 aromatic rings. The molecule has 0 heterocycles. The number of phenolic OH excluding ortho intramolecular Hbond substituents is 1.